The summed E-state index contributed by atoms with van der Waals surface area (Å²) < 4.78 is 2.85. The number of benzene rings is 1. The van der Waals surface area contributed by atoms with Crippen LogP contribution in [-0.4, -0.2) is 22.2 Å². The molecule has 110 valence electrons. The summed E-state index contributed by atoms with van der Waals surface area (Å²) in [6, 6.07) is 8.26. The van der Waals surface area contributed by atoms with Gasteiger partial charge < -0.3 is 5.32 Å². The summed E-state index contributed by atoms with van der Waals surface area (Å²) in [6.45, 7) is 0.675. The first-order chi connectivity index (χ1) is 10.1. The standard InChI is InChI=1S/C16H18BrN3O/c1-20-10-11(9-19-20)6-7-18-16(21)15-8-14(15)12-2-4-13(17)5-3-12/h2-5,9-10,14-15H,6-8H2,1H3,(H,18,21). The van der Waals surface area contributed by atoms with Crippen LogP contribution in [0.4, 0.5) is 0 Å². The lowest BCUT2D eigenvalue weighted by Crippen LogP contribution is -2.27. The van der Waals surface area contributed by atoms with E-state index >= 15 is 0 Å². The molecule has 2 atom stereocenters. The molecule has 0 bridgehead atoms. The predicted molar refractivity (Wildman–Crippen MR) is 84.9 cm³/mol. The number of amides is 1. The fourth-order valence-electron chi connectivity index (χ4n) is 2.63. The minimum absolute atomic E-state index is 0.139. The number of nitrogens with zero attached hydrogens (tertiary/aromatic N) is 2. The molecule has 21 heavy (non-hydrogen) atoms. The zero-order valence-electron chi connectivity index (χ0n) is 11.9. The van der Waals surface area contributed by atoms with E-state index in [1.54, 1.807) is 4.68 Å². The van der Waals surface area contributed by atoms with Gasteiger partial charge in [-0.3, -0.25) is 9.48 Å². The van der Waals surface area contributed by atoms with Gasteiger partial charge in [0.05, 0.1) is 6.20 Å². The van der Waals surface area contributed by atoms with Gasteiger partial charge in [-0.25, -0.2) is 0 Å². The number of carbonyl (C=O) groups excluding carboxylic acids is 1. The third-order valence-electron chi connectivity index (χ3n) is 3.90. The van der Waals surface area contributed by atoms with E-state index < -0.39 is 0 Å². The zero-order valence-corrected chi connectivity index (χ0v) is 13.5. The maximum Gasteiger partial charge on any atom is 0.223 e. The van der Waals surface area contributed by atoms with Gasteiger partial charge in [0.15, 0.2) is 0 Å². The molecule has 1 amide bonds. The highest BCUT2D eigenvalue weighted by Crippen LogP contribution is 2.47. The second kappa shape index (κ2) is 6.02. The van der Waals surface area contributed by atoms with Gasteiger partial charge in [-0.15, -0.1) is 0 Å². The Hall–Kier alpha value is -1.62. The minimum Gasteiger partial charge on any atom is -0.356 e. The largest absolute Gasteiger partial charge is 0.356 e. The first kappa shape index (κ1) is 14.3. The van der Waals surface area contributed by atoms with Crippen LogP contribution in [0.5, 0.6) is 0 Å². The number of nitrogens with one attached hydrogen (secondary N) is 1. The lowest BCUT2D eigenvalue weighted by molar-refractivity contribution is -0.122. The molecule has 1 aliphatic carbocycles. The number of aromatic nitrogens is 2. The number of aryl methyl sites for hydroxylation is 1. The van der Waals surface area contributed by atoms with Gasteiger partial charge in [-0.05, 0) is 42.0 Å². The second-order valence-corrected chi connectivity index (χ2v) is 6.48. The number of hydrogen-bond donors (Lipinski definition) is 1. The maximum atomic E-state index is 12.1. The first-order valence-electron chi connectivity index (χ1n) is 7.14. The van der Waals surface area contributed by atoms with E-state index in [0.29, 0.717) is 12.5 Å². The summed E-state index contributed by atoms with van der Waals surface area (Å²) in [5.41, 5.74) is 2.41. The Morgan fingerprint density at radius 3 is 2.86 bits per heavy atom. The summed E-state index contributed by atoms with van der Waals surface area (Å²) >= 11 is 3.43. The molecule has 5 heteroatoms. The molecule has 0 spiro atoms. The Morgan fingerprint density at radius 1 is 1.43 bits per heavy atom. The van der Waals surface area contributed by atoms with Crippen molar-refractivity contribution < 1.29 is 4.79 Å². The van der Waals surface area contributed by atoms with E-state index in [2.05, 4.69) is 38.5 Å². The van der Waals surface area contributed by atoms with Gasteiger partial charge in [-0.1, -0.05) is 28.1 Å². The number of hydrogen-bond acceptors (Lipinski definition) is 2. The van der Waals surface area contributed by atoms with E-state index in [1.807, 2.05) is 31.6 Å². The Balaban J connectivity index is 1.46. The third kappa shape index (κ3) is 3.53. The molecule has 1 aromatic heterocycles. The molecule has 3 rings (SSSR count). The molecule has 0 aliphatic heterocycles. The molecule has 2 unspecified atom stereocenters. The molecular weight excluding hydrogens is 330 g/mol. The fourth-order valence-corrected chi connectivity index (χ4v) is 2.89. The lowest BCUT2D eigenvalue weighted by Gasteiger charge is -2.04. The Labute approximate surface area is 132 Å². The van der Waals surface area contributed by atoms with Crippen molar-refractivity contribution in [3.05, 3.63) is 52.3 Å². The summed E-state index contributed by atoms with van der Waals surface area (Å²) in [5, 5.41) is 7.15. The molecule has 1 heterocycles. The van der Waals surface area contributed by atoms with Crippen LogP contribution in [0, 0.1) is 5.92 Å². The van der Waals surface area contributed by atoms with Crippen LogP contribution in [0.2, 0.25) is 0 Å². The summed E-state index contributed by atoms with van der Waals surface area (Å²) in [5.74, 6) is 0.698. The van der Waals surface area contributed by atoms with Gasteiger partial charge >= 0.3 is 0 Å². The fraction of sp³-hybridized carbons (Fsp3) is 0.375. The molecule has 4 nitrogen and oxygen atoms in total. The molecule has 1 aliphatic rings. The predicted octanol–water partition coefficient (Wildman–Crippen LogP) is 2.65. The Morgan fingerprint density at radius 2 is 2.19 bits per heavy atom. The molecule has 0 saturated heterocycles. The average Bonchev–Trinajstić information content (AvgIpc) is 3.16. The van der Waals surface area contributed by atoms with Gasteiger partial charge in [0, 0.05) is 30.2 Å². The quantitative estimate of drug-likeness (QED) is 0.903. The van der Waals surface area contributed by atoms with Crippen molar-refractivity contribution >= 4 is 21.8 Å². The van der Waals surface area contributed by atoms with Crippen LogP contribution in [0.15, 0.2) is 41.1 Å². The van der Waals surface area contributed by atoms with Crippen LogP contribution in [0.25, 0.3) is 0 Å². The summed E-state index contributed by atoms with van der Waals surface area (Å²) in [7, 11) is 1.90. The van der Waals surface area contributed by atoms with Crippen LogP contribution in [-0.2, 0) is 18.3 Å². The molecule has 1 saturated carbocycles. The lowest BCUT2D eigenvalue weighted by atomic mass is 10.1. The Kier molecular flexibility index (Phi) is 4.10. The van der Waals surface area contributed by atoms with Crippen molar-refractivity contribution in [2.75, 3.05) is 6.54 Å². The molecule has 0 radical (unpaired) electrons. The summed E-state index contributed by atoms with van der Waals surface area (Å²) in [6.07, 6.45) is 5.61. The van der Waals surface area contributed by atoms with Gasteiger partial charge in [-0.2, -0.15) is 5.10 Å². The van der Waals surface area contributed by atoms with E-state index in [0.717, 1.165) is 22.9 Å². The van der Waals surface area contributed by atoms with Crippen molar-refractivity contribution in [1.82, 2.24) is 15.1 Å². The monoisotopic (exact) mass is 347 g/mol. The second-order valence-electron chi connectivity index (χ2n) is 5.56. The number of carbonyl (C=O) groups is 1. The van der Waals surface area contributed by atoms with Crippen LogP contribution >= 0.6 is 15.9 Å². The molecule has 1 N–H and O–H groups in total. The molecule has 1 fully saturated rings. The molecule has 2 aromatic rings. The van der Waals surface area contributed by atoms with Crippen LogP contribution in [0.3, 0.4) is 0 Å². The van der Waals surface area contributed by atoms with Crippen molar-refractivity contribution in [3.63, 3.8) is 0 Å². The smallest absolute Gasteiger partial charge is 0.223 e. The van der Waals surface area contributed by atoms with Crippen LogP contribution in [0.1, 0.15) is 23.5 Å². The van der Waals surface area contributed by atoms with Gasteiger partial charge in [0.25, 0.3) is 0 Å². The van der Waals surface area contributed by atoms with E-state index in [4.69, 9.17) is 0 Å². The van der Waals surface area contributed by atoms with Gasteiger partial charge in [0.1, 0.15) is 0 Å². The van der Waals surface area contributed by atoms with Crippen molar-refractivity contribution in [1.29, 1.82) is 0 Å². The number of rotatable bonds is 5. The first-order valence-corrected chi connectivity index (χ1v) is 7.93. The SMILES string of the molecule is Cn1cc(CCNC(=O)C2CC2c2ccc(Br)cc2)cn1. The average molecular weight is 348 g/mol. The van der Waals surface area contributed by atoms with E-state index in [9.17, 15) is 4.79 Å². The molecule has 1 aromatic carbocycles. The van der Waals surface area contributed by atoms with Crippen molar-refractivity contribution in [2.24, 2.45) is 13.0 Å². The zero-order chi connectivity index (χ0) is 14.8. The normalized spacial score (nSPS) is 20.3. The maximum absolute atomic E-state index is 12.1. The summed E-state index contributed by atoms with van der Waals surface area (Å²) in [4.78, 5) is 12.1. The Bertz CT molecular complexity index is 635. The molecular formula is C16H18BrN3O. The highest BCUT2D eigenvalue weighted by atomic mass is 79.9. The van der Waals surface area contributed by atoms with E-state index in [1.165, 1.54) is 5.56 Å². The highest BCUT2D eigenvalue weighted by molar-refractivity contribution is 9.10. The van der Waals surface area contributed by atoms with Crippen molar-refractivity contribution in [2.45, 2.75) is 18.8 Å². The number of halogens is 1. The van der Waals surface area contributed by atoms with Crippen LogP contribution < -0.4 is 5.32 Å². The van der Waals surface area contributed by atoms with Crippen molar-refractivity contribution in [3.8, 4) is 0 Å². The van der Waals surface area contributed by atoms with E-state index in [-0.39, 0.29) is 11.8 Å². The minimum atomic E-state index is 0.139. The van der Waals surface area contributed by atoms with Gasteiger partial charge in [0.2, 0.25) is 5.91 Å². The third-order valence-corrected chi connectivity index (χ3v) is 4.43. The topological polar surface area (TPSA) is 46.9 Å². The highest BCUT2D eigenvalue weighted by Gasteiger charge is 2.43.